The highest BCUT2D eigenvalue weighted by atomic mass is 16.3. The molecule has 1 heterocycles. The highest BCUT2D eigenvalue weighted by Gasteiger charge is 2.23. The fourth-order valence-corrected chi connectivity index (χ4v) is 2.87. The van der Waals surface area contributed by atoms with E-state index in [0.717, 1.165) is 51.7 Å². The number of carbonyl (C=O) groups is 1. The minimum atomic E-state index is -0.111. The number of rotatable bonds is 4. The topological polar surface area (TPSA) is 52.6 Å². The second kappa shape index (κ2) is 6.36. The van der Waals surface area contributed by atoms with Crippen LogP contribution in [0.1, 0.15) is 38.5 Å². The van der Waals surface area contributed by atoms with Crippen LogP contribution >= 0.6 is 0 Å². The molecule has 4 heteroatoms. The summed E-state index contributed by atoms with van der Waals surface area (Å²) >= 11 is 0. The smallest absolute Gasteiger partial charge is 0.236 e. The van der Waals surface area contributed by atoms with Crippen LogP contribution in [0.25, 0.3) is 0 Å². The summed E-state index contributed by atoms with van der Waals surface area (Å²) in [4.78, 5) is 13.8. The molecule has 1 aliphatic carbocycles. The first-order valence-electron chi connectivity index (χ1n) is 6.92. The van der Waals surface area contributed by atoms with Gasteiger partial charge in [0.05, 0.1) is 12.6 Å². The Labute approximate surface area is 103 Å². The lowest BCUT2D eigenvalue weighted by atomic mass is 10.1. The number of hydrogen-bond acceptors (Lipinski definition) is 3. The number of carbonyl (C=O) groups excluding carboxylic acids is 1. The number of hydrogen-bond donors (Lipinski definition) is 2. The summed E-state index contributed by atoms with van der Waals surface area (Å²) < 4.78 is 0. The van der Waals surface area contributed by atoms with Crippen molar-refractivity contribution in [1.29, 1.82) is 0 Å². The molecule has 2 rings (SSSR count). The molecule has 98 valence electrons. The van der Waals surface area contributed by atoms with Crippen LogP contribution in [-0.4, -0.2) is 48.2 Å². The predicted molar refractivity (Wildman–Crippen MR) is 66.6 cm³/mol. The first kappa shape index (κ1) is 12.8. The van der Waals surface area contributed by atoms with Crippen LogP contribution < -0.4 is 5.32 Å². The predicted octanol–water partition coefficient (Wildman–Crippen LogP) is 0.749. The molecule has 0 spiro atoms. The fourth-order valence-electron chi connectivity index (χ4n) is 2.87. The van der Waals surface area contributed by atoms with Crippen LogP contribution in [-0.2, 0) is 4.79 Å². The van der Waals surface area contributed by atoms with Crippen molar-refractivity contribution in [2.24, 2.45) is 5.92 Å². The molecule has 0 radical (unpaired) electrons. The molecule has 4 nitrogen and oxygen atoms in total. The third-order valence-electron chi connectivity index (χ3n) is 3.93. The molecule has 0 aromatic rings. The van der Waals surface area contributed by atoms with E-state index in [4.69, 9.17) is 0 Å². The van der Waals surface area contributed by atoms with E-state index in [1.54, 1.807) is 0 Å². The van der Waals surface area contributed by atoms with Gasteiger partial charge in [0.2, 0.25) is 5.91 Å². The molecule has 0 aromatic carbocycles. The molecular weight excluding hydrogens is 216 g/mol. The number of nitrogens with zero attached hydrogens (tertiary/aromatic N) is 1. The number of aliphatic hydroxyl groups excluding tert-OH is 1. The van der Waals surface area contributed by atoms with E-state index in [0.29, 0.717) is 12.5 Å². The van der Waals surface area contributed by atoms with E-state index in [-0.39, 0.29) is 12.0 Å². The van der Waals surface area contributed by atoms with Crippen molar-refractivity contribution in [2.75, 3.05) is 26.2 Å². The maximum Gasteiger partial charge on any atom is 0.236 e. The molecule has 2 unspecified atom stereocenters. The summed E-state index contributed by atoms with van der Waals surface area (Å²) in [7, 11) is 0. The minimum absolute atomic E-state index is 0.111. The quantitative estimate of drug-likeness (QED) is 0.762. The van der Waals surface area contributed by atoms with Crippen molar-refractivity contribution in [2.45, 2.75) is 44.6 Å². The summed E-state index contributed by atoms with van der Waals surface area (Å²) in [5.41, 5.74) is 0. The molecule has 0 bridgehead atoms. The molecule has 2 atom stereocenters. The molecular formula is C13H24N2O2. The lowest BCUT2D eigenvalue weighted by Gasteiger charge is -2.27. The number of nitrogens with one attached hydrogen (secondary N) is 1. The van der Waals surface area contributed by atoms with Crippen molar-refractivity contribution in [3.63, 3.8) is 0 Å². The lowest BCUT2D eigenvalue weighted by Crippen LogP contribution is -2.41. The SMILES string of the molecule is O=C(CNCC1CCC(O)C1)N1CCCCC1. The minimum Gasteiger partial charge on any atom is -0.393 e. The lowest BCUT2D eigenvalue weighted by molar-refractivity contribution is -0.131. The maximum absolute atomic E-state index is 11.9. The molecule has 1 saturated carbocycles. The summed E-state index contributed by atoms with van der Waals surface area (Å²) in [6.07, 6.45) is 6.36. The Kier molecular flexibility index (Phi) is 4.80. The monoisotopic (exact) mass is 240 g/mol. The zero-order valence-corrected chi connectivity index (χ0v) is 10.5. The van der Waals surface area contributed by atoms with Gasteiger partial charge >= 0.3 is 0 Å². The summed E-state index contributed by atoms with van der Waals surface area (Å²) in [6.45, 7) is 3.20. The molecule has 17 heavy (non-hydrogen) atoms. The van der Waals surface area contributed by atoms with Crippen molar-refractivity contribution >= 4 is 5.91 Å². The van der Waals surface area contributed by atoms with Gasteiger partial charge in [-0.05, 0) is 51.0 Å². The first-order valence-corrected chi connectivity index (χ1v) is 6.92. The molecule has 1 saturated heterocycles. The van der Waals surface area contributed by atoms with Crippen molar-refractivity contribution in [3.8, 4) is 0 Å². The summed E-state index contributed by atoms with van der Waals surface area (Å²) in [5, 5.41) is 12.7. The molecule has 2 aliphatic rings. The average Bonchev–Trinajstić information content (AvgIpc) is 2.76. The van der Waals surface area contributed by atoms with Gasteiger partial charge in [0.15, 0.2) is 0 Å². The number of piperidine rings is 1. The van der Waals surface area contributed by atoms with Gasteiger partial charge in [-0.25, -0.2) is 0 Å². The molecule has 2 fully saturated rings. The van der Waals surface area contributed by atoms with E-state index >= 15 is 0 Å². The van der Waals surface area contributed by atoms with Crippen molar-refractivity contribution in [1.82, 2.24) is 10.2 Å². The van der Waals surface area contributed by atoms with E-state index in [1.165, 1.54) is 6.42 Å². The van der Waals surface area contributed by atoms with Gasteiger partial charge in [-0.3, -0.25) is 4.79 Å². The second-order valence-electron chi connectivity index (χ2n) is 5.41. The van der Waals surface area contributed by atoms with Gasteiger partial charge in [0.25, 0.3) is 0 Å². The third kappa shape index (κ3) is 3.96. The Hall–Kier alpha value is -0.610. The van der Waals surface area contributed by atoms with Crippen LogP contribution in [0.4, 0.5) is 0 Å². The summed E-state index contributed by atoms with van der Waals surface area (Å²) in [5.74, 6) is 0.794. The van der Waals surface area contributed by atoms with E-state index in [9.17, 15) is 9.90 Å². The Morgan fingerprint density at radius 1 is 1.24 bits per heavy atom. The Balaban J connectivity index is 1.59. The van der Waals surface area contributed by atoms with Crippen LogP contribution in [0, 0.1) is 5.92 Å². The number of likely N-dealkylation sites (tertiary alicyclic amines) is 1. The van der Waals surface area contributed by atoms with Gasteiger partial charge in [0, 0.05) is 13.1 Å². The zero-order valence-electron chi connectivity index (χ0n) is 10.5. The normalized spacial score (nSPS) is 29.6. The molecule has 1 aliphatic heterocycles. The number of aliphatic hydroxyl groups is 1. The Morgan fingerprint density at radius 3 is 2.65 bits per heavy atom. The van der Waals surface area contributed by atoms with Crippen LogP contribution in [0.15, 0.2) is 0 Å². The summed E-state index contributed by atoms with van der Waals surface area (Å²) in [6, 6.07) is 0. The second-order valence-corrected chi connectivity index (χ2v) is 5.41. The van der Waals surface area contributed by atoms with Crippen LogP contribution in [0.3, 0.4) is 0 Å². The van der Waals surface area contributed by atoms with Gasteiger partial charge in [0.1, 0.15) is 0 Å². The molecule has 1 amide bonds. The van der Waals surface area contributed by atoms with Crippen molar-refractivity contribution < 1.29 is 9.90 Å². The van der Waals surface area contributed by atoms with E-state index in [1.807, 2.05) is 4.90 Å². The van der Waals surface area contributed by atoms with Crippen molar-refractivity contribution in [3.05, 3.63) is 0 Å². The molecule has 0 aromatic heterocycles. The maximum atomic E-state index is 11.9. The zero-order chi connectivity index (χ0) is 12.1. The standard InChI is InChI=1S/C13H24N2O2/c16-12-5-4-11(8-12)9-14-10-13(17)15-6-2-1-3-7-15/h11-12,14,16H,1-10H2. The third-order valence-corrected chi connectivity index (χ3v) is 3.93. The fraction of sp³-hybridized carbons (Fsp3) is 0.923. The first-order chi connectivity index (χ1) is 8.25. The highest BCUT2D eigenvalue weighted by molar-refractivity contribution is 5.78. The van der Waals surface area contributed by atoms with Gasteiger partial charge < -0.3 is 15.3 Å². The van der Waals surface area contributed by atoms with Gasteiger partial charge in [-0.1, -0.05) is 0 Å². The van der Waals surface area contributed by atoms with Gasteiger partial charge in [-0.15, -0.1) is 0 Å². The highest BCUT2D eigenvalue weighted by Crippen LogP contribution is 2.24. The van der Waals surface area contributed by atoms with E-state index < -0.39 is 0 Å². The van der Waals surface area contributed by atoms with Gasteiger partial charge in [-0.2, -0.15) is 0 Å². The largest absolute Gasteiger partial charge is 0.393 e. The van der Waals surface area contributed by atoms with Crippen LogP contribution in [0.2, 0.25) is 0 Å². The number of amides is 1. The molecule has 2 N–H and O–H groups in total. The Morgan fingerprint density at radius 2 is 2.00 bits per heavy atom. The van der Waals surface area contributed by atoms with Crippen LogP contribution in [0.5, 0.6) is 0 Å². The van der Waals surface area contributed by atoms with E-state index in [2.05, 4.69) is 5.32 Å². The Bertz CT molecular complexity index is 252. The average molecular weight is 240 g/mol.